The van der Waals surface area contributed by atoms with Gasteiger partial charge in [-0.15, -0.1) is 0 Å². The molecule has 0 aliphatic carbocycles. The fourth-order valence-corrected chi connectivity index (χ4v) is 3.44. The van der Waals surface area contributed by atoms with Gasteiger partial charge in [-0.1, -0.05) is 0 Å². The predicted molar refractivity (Wildman–Crippen MR) is 96.6 cm³/mol. The fraction of sp³-hybridized carbons (Fsp3) is 0.526. The molecular formula is C19H27N3O. The largest absolute Gasteiger partial charge is 0.494 e. The van der Waals surface area contributed by atoms with Crippen LogP contribution in [0.1, 0.15) is 25.5 Å². The molecule has 1 aliphatic rings. The topological polar surface area (TPSA) is 28.6 Å². The molecular weight excluding hydrogens is 286 g/mol. The third-order valence-electron chi connectivity index (χ3n) is 4.81. The zero-order valence-corrected chi connectivity index (χ0v) is 14.7. The van der Waals surface area contributed by atoms with Gasteiger partial charge in [0.05, 0.1) is 12.1 Å². The number of aryl methyl sites for hydroxylation is 1. The summed E-state index contributed by atoms with van der Waals surface area (Å²) >= 11 is 0. The average Bonchev–Trinajstić information content (AvgIpc) is 2.55. The highest BCUT2D eigenvalue weighted by Gasteiger charge is 2.22. The zero-order chi connectivity index (χ0) is 16.4. The number of hydrogen-bond acceptors (Lipinski definition) is 4. The van der Waals surface area contributed by atoms with E-state index in [0.717, 1.165) is 17.0 Å². The van der Waals surface area contributed by atoms with Crippen molar-refractivity contribution in [3.63, 3.8) is 0 Å². The summed E-state index contributed by atoms with van der Waals surface area (Å²) in [5.74, 6) is 0.920. The van der Waals surface area contributed by atoms with Crippen LogP contribution in [0.5, 0.6) is 5.75 Å². The lowest BCUT2D eigenvalue weighted by Gasteiger charge is -2.37. The summed E-state index contributed by atoms with van der Waals surface area (Å²) < 4.78 is 5.69. The van der Waals surface area contributed by atoms with E-state index >= 15 is 0 Å². The molecule has 0 spiro atoms. The molecule has 1 aromatic heterocycles. The van der Waals surface area contributed by atoms with Crippen LogP contribution in [-0.2, 0) is 0 Å². The van der Waals surface area contributed by atoms with Gasteiger partial charge in [0.1, 0.15) is 5.75 Å². The van der Waals surface area contributed by atoms with Crippen molar-refractivity contribution in [1.29, 1.82) is 0 Å². The maximum Gasteiger partial charge on any atom is 0.120 e. The van der Waals surface area contributed by atoms with E-state index in [1.54, 1.807) is 0 Å². The lowest BCUT2D eigenvalue weighted by molar-refractivity contribution is 0.253. The number of hydrogen-bond donors (Lipinski definition) is 0. The molecule has 0 unspecified atom stereocenters. The van der Waals surface area contributed by atoms with Crippen molar-refractivity contribution >= 4 is 16.6 Å². The summed E-state index contributed by atoms with van der Waals surface area (Å²) in [7, 11) is 4.42. The first-order valence-electron chi connectivity index (χ1n) is 8.54. The summed E-state index contributed by atoms with van der Waals surface area (Å²) in [5, 5.41) is 1.18. The van der Waals surface area contributed by atoms with Crippen molar-refractivity contribution in [3.8, 4) is 5.75 Å². The van der Waals surface area contributed by atoms with Crippen molar-refractivity contribution in [1.82, 2.24) is 9.88 Å². The van der Waals surface area contributed by atoms with E-state index in [1.807, 2.05) is 13.0 Å². The Morgan fingerprint density at radius 1 is 1.26 bits per heavy atom. The van der Waals surface area contributed by atoms with E-state index < -0.39 is 0 Å². The molecule has 4 nitrogen and oxygen atoms in total. The Balaban J connectivity index is 1.98. The Morgan fingerprint density at radius 2 is 2.00 bits per heavy atom. The molecule has 2 heterocycles. The Kier molecular flexibility index (Phi) is 4.71. The molecule has 1 fully saturated rings. The van der Waals surface area contributed by atoms with Gasteiger partial charge in [-0.2, -0.15) is 0 Å². The second kappa shape index (κ2) is 6.75. The number of benzene rings is 1. The molecule has 3 rings (SSSR count). The number of likely N-dealkylation sites (tertiary alicyclic amines) is 1. The van der Waals surface area contributed by atoms with Gasteiger partial charge < -0.3 is 14.5 Å². The van der Waals surface area contributed by atoms with Crippen LogP contribution in [0, 0.1) is 6.92 Å². The first kappa shape index (κ1) is 16.1. The number of fused-ring (bicyclic) bond motifs is 1. The van der Waals surface area contributed by atoms with Crippen molar-refractivity contribution in [2.24, 2.45) is 0 Å². The highest BCUT2D eigenvalue weighted by Crippen LogP contribution is 2.32. The van der Waals surface area contributed by atoms with E-state index in [9.17, 15) is 0 Å². The van der Waals surface area contributed by atoms with Gasteiger partial charge in [-0.25, -0.2) is 0 Å². The van der Waals surface area contributed by atoms with Crippen molar-refractivity contribution < 1.29 is 4.74 Å². The second-order valence-corrected chi connectivity index (χ2v) is 6.54. The van der Waals surface area contributed by atoms with E-state index in [1.165, 1.54) is 37.0 Å². The molecule has 0 N–H and O–H groups in total. The van der Waals surface area contributed by atoms with Crippen molar-refractivity contribution in [3.05, 3.63) is 30.0 Å². The minimum atomic E-state index is 0.590. The second-order valence-electron chi connectivity index (χ2n) is 6.54. The Morgan fingerprint density at radius 3 is 2.70 bits per heavy atom. The normalized spacial score (nSPS) is 16.7. The van der Waals surface area contributed by atoms with Crippen molar-refractivity contribution in [2.45, 2.75) is 32.7 Å². The highest BCUT2D eigenvalue weighted by molar-refractivity contribution is 5.93. The van der Waals surface area contributed by atoms with Crippen LogP contribution in [0.15, 0.2) is 24.3 Å². The summed E-state index contributed by atoms with van der Waals surface area (Å²) in [4.78, 5) is 9.54. The molecule has 4 heteroatoms. The number of pyridine rings is 1. The quantitative estimate of drug-likeness (QED) is 0.864. The monoisotopic (exact) mass is 313 g/mol. The maximum absolute atomic E-state index is 5.69. The van der Waals surface area contributed by atoms with Crippen LogP contribution >= 0.6 is 0 Å². The lowest BCUT2D eigenvalue weighted by Crippen LogP contribution is -2.42. The first-order chi connectivity index (χ1) is 11.1. The molecule has 1 aliphatic heterocycles. The number of ether oxygens (including phenoxy) is 1. The Hall–Kier alpha value is -1.81. The van der Waals surface area contributed by atoms with Gasteiger partial charge >= 0.3 is 0 Å². The predicted octanol–water partition coefficient (Wildman–Crippen LogP) is 3.47. The number of nitrogens with zero attached hydrogens (tertiary/aromatic N) is 3. The molecule has 23 heavy (non-hydrogen) atoms. The molecule has 1 saturated heterocycles. The summed E-state index contributed by atoms with van der Waals surface area (Å²) in [6.07, 6.45) is 2.42. The van der Waals surface area contributed by atoms with Gasteiger partial charge in [0.15, 0.2) is 0 Å². The van der Waals surface area contributed by atoms with Gasteiger partial charge in [-0.3, -0.25) is 4.98 Å². The summed E-state index contributed by atoms with van der Waals surface area (Å²) in [6, 6.07) is 9.01. The molecule has 2 aromatic rings. The highest BCUT2D eigenvalue weighted by atomic mass is 16.5. The van der Waals surface area contributed by atoms with Crippen LogP contribution in [0.2, 0.25) is 0 Å². The van der Waals surface area contributed by atoms with Crippen LogP contribution in [0.4, 0.5) is 5.69 Å². The first-order valence-corrected chi connectivity index (χ1v) is 8.54. The summed E-state index contributed by atoms with van der Waals surface area (Å²) in [6.45, 7) is 7.11. The molecule has 0 bridgehead atoms. The third-order valence-corrected chi connectivity index (χ3v) is 4.81. The number of aromatic nitrogens is 1. The van der Waals surface area contributed by atoms with Crippen molar-refractivity contribution in [2.75, 3.05) is 38.7 Å². The van der Waals surface area contributed by atoms with Gasteiger partial charge in [0.2, 0.25) is 0 Å². The summed E-state index contributed by atoms with van der Waals surface area (Å²) in [5.41, 5.74) is 3.38. The average molecular weight is 313 g/mol. The van der Waals surface area contributed by atoms with Gasteiger partial charge in [0, 0.05) is 29.9 Å². The standard InChI is InChI=1S/C19H27N3O/c1-5-23-16-6-7-18-17(13-16)19(12-14(2)20-18)22(4)15-8-10-21(3)11-9-15/h6-7,12-13,15H,5,8-11H2,1-4H3. The zero-order valence-electron chi connectivity index (χ0n) is 14.7. The maximum atomic E-state index is 5.69. The van der Waals surface area contributed by atoms with E-state index in [-0.39, 0.29) is 0 Å². The SMILES string of the molecule is CCOc1ccc2nc(C)cc(N(C)C3CCN(C)CC3)c2c1. The molecule has 0 radical (unpaired) electrons. The Labute approximate surface area is 139 Å². The van der Waals surface area contributed by atoms with Gasteiger partial charge in [-0.05, 0) is 71.1 Å². The van der Waals surface area contributed by atoms with E-state index in [0.29, 0.717) is 12.6 Å². The van der Waals surface area contributed by atoms with E-state index in [4.69, 9.17) is 4.74 Å². The van der Waals surface area contributed by atoms with Crippen LogP contribution < -0.4 is 9.64 Å². The smallest absolute Gasteiger partial charge is 0.120 e. The van der Waals surface area contributed by atoms with Crippen LogP contribution in [0.25, 0.3) is 10.9 Å². The Bertz CT molecular complexity index is 678. The molecule has 0 atom stereocenters. The minimum absolute atomic E-state index is 0.590. The molecule has 0 amide bonds. The van der Waals surface area contributed by atoms with Crippen LogP contribution in [-0.4, -0.2) is 49.7 Å². The fourth-order valence-electron chi connectivity index (χ4n) is 3.44. The van der Waals surface area contributed by atoms with Crippen LogP contribution in [0.3, 0.4) is 0 Å². The lowest BCUT2D eigenvalue weighted by atomic mass is 10.0. The van der Waals surface area contributed by atoms with E-state index in [2.05, 4.69) is 54.0 Å². The number of piperidine rings is 1. The third kappa shape index (κ3) is 3.42. The van der Waals surface area contributed by atoms with Gasteiger partial charge in [0.25, 0.3) is 0 Å². The molecule has 1 aromatic carbocycles. The molecule has 0 saturated carbocycles. The number of anilines is 1. The minimum Gasteiger partial charge on any atom is -0.494 e. The number of rotatable bonds is 4. The molecule has 124 valence electrons.